The number of likely N-dealkylation sites (tertiary alicyclic amines) is 1. The van der Waals surface area contributed by atoms with Crippen LogP contribution in [0, 0.1) is 5.92 Å². The summed E-state index contributed by atoms with van der Waals surface area (Å²) in [6, 6.07) is -0.772. The van der Waals surface area contributed by atoms with Gasteiger partial charge in [0.15, 0.2) is 0 Å². The summed E-state index contributed by atoms with van der Waals surface area (Å²) in [7, 11) is 0. The van der Waals surface area contributed by atoms with E-state index in [-0.39, 0.29) is 12.5 Å². The number of carbonyl (C=O) groups excluding carboxylic acids is 1. The average Bonchev–Trinajstić information content (AvgIpc) is 2.24. The molecule has 0 saturated carbocycles. The number of carbonyl (C=O) groups is 2. The highest BCUT2D eigenvalue weighted by atomic mass is 16.6. The molecular formula is C11H17NO4. The van der Waals surface area contributed by atoms with E-state index in [4.69, 9.17) is 9.84 Å². The highest BCUT2D eigenvalue weighted by molar-refractivity contribution is 5.80. The molecule has 0 aromatic heterocycles. The van der Waals surface area contributed by atoms with Crippen LogP contribution in [0.5, 0.6) is 0 Å². The van der Waals surface area contributed by atoms with Crippen LogP contribution in [0.25, 0.3) is 0 Å². The van der Waals surface area contributed by atoms with Crippen molar-refractivity contribution in [2.45, 2.75) is 25.8 Å². The van der Waals surface area contributed by atoms with E-state index in [2.05, 4.69) is 6.58 Å². The topological polar surface area (TPSA) is 66.8 Å². The third-order valence-electron chi connectivity index (χ3n) is 2.75. The zero-order valence-corrected chi connectivity index (χ0v) is 9.39. The van der Waals surface area contributed by atoms with Gasteiger partial charge in [-0.15, -0.1) is 0 Å². The van der Waals surface area contributed by atoms with Crippen LogP contribution >= 0.6 is 0 Å². The van der Waals surface area contributed by atoms with Crippen molar-refractivity contribution in [1.29, 1.82) is 0 Å². The lowest BCUT2D eigenvalue weighted by Crippen LogP contribution is -2.52. The first kappa shape index (κ1) is 12.5. The van der Waals surface area contributed by atoms with E-state index in [1.807, 2.05) is 6.92 Å². The molecule has 0 unspecified atom stereocenters. The lowest BCUT2D eigenvalue weighted by Gasteiger charge is -2.36. The van der Waals surface area contributed by atoms with Crippen LogP contribution in [0.15, 0.2) is 12.7 Å². The summed E-state index contributed by atoms with van der Waals surface area (Å²) in [4.78, 5) is 24.0. The number of ether oxygens (including phenoxy) is 1. The maximum absolute atomic E-state index is 11.6. The first-order valence-electron chi connectivity index (χ1n) is 5.35. The predicted octanol–water partition coefficient (Wildman–Crippen LogP) is 1.49. The van der Waals surface area contributed by atoms with E-state index in [0.717, 1.165) is 12.8 Å². The van der Waals surface area contributed by atoms with Crippen LogP contribution in [0.1, 0.15) is 19.8 Å². The van der Waals surface area contributed by atoms with Gasteiger partial charge in [-0.3, -0.25) is 4.90 Å². The van der Waals surface area contributed by atoms with Crippen LogP contribution in [0.3, 0.4) is 0 Å². The summed E-state index contributed by atoms with van der Waals surface area (Å²) in [6.07, 6.45) is 2.52. The lowest BCUT2D eigenvalue weighted by molar-refractivity contribution is -0.145. The van der Waals surface area contributed by atoms with Crippen LogP contribution < -0.4 is 0 Å². The summed E-state index contributed by atoms with van der Waals surface area (Å²) >= 11 is 0. The van der Waals surface area contributed by atoms with Crippen molar-refractivity contribution in [3.05, 3.63) is 12.7 Å². The van der Waals surface area contributed by atoms with E-state index < -0.39 is 18.1 Å². The Morgan fingerprint density at radius 2 is 2.31 bits per heavy atom. The van der Waals surface area contributed by atoms with E-state index in [1.165, 1.54) is 11.0 Å². The molecule has 1 heterocycles. The van der Waals surface area contributed by atoms with Crippen LogP contribution in [0.4, 0.5) is 4.79 Å². The van der Waals surface area contributed by atoms with Crippen molar-refractivity contribution in [3.63, 3.8) is 0 Å². The zero-order valence-electron chi connectivity index (χ0n) is 9.39. The smallest absolute Gasteiger partial charge is 0.410 e. The SMILES string of the molecule is C=CCOC(=O)N1CCC[C@@H](C)[C@H]1C(=O)O. The summed E-state index contributed by atoms with van der Waals surface area (Å²) in [5.41, 5.74) is 0. The molecule has 2 atom stereocenters. The highest BCUT2D eigenvalue weighted by Gasteiger charge is 2.37. The van der Waals surface area contributed by atoms with Crippen LogP contribution in [-0.4, -0.2) is 41.3 Å². The third kappa shape index (κ3) is 2.74. The minimum absolute atomic E-state index is 0.0393. The fraction of sp³-hybridized carbons (Fsp3) is 0.636. The van der Waals surface area contributed by atoms with Gasteiger partial charge in [-0.25, -0.2) is 9.59 Å². The first-order valence-corrected chi connectivity index (χ1v) is 5.35. The van der Waals surface area contributed by atoms with Gasteiger partial charge in [-0.1, -0.05) is 19.6 Å². The standard InChI is InChI=1S/C11H17NO4/c1-3-7-16-11(15)12-6-4-5-8(2)9(12)10(13)14/h3,8-9H,1,4-7H2,2H3,(H,13,14)/t8-,9+/m1/s1. The Kier molecular flexibility index (Phi) is 4.34. The largest absolute Gasteiger partial charge is 0.480 e. The molecule has 1 saturated heterocycles. The van der Waals surface area contributed by atoms with Gasteiger partial charge in [-0.2, -0.15) is 0 Å². The molecule has 1 aliphatic heterocycles. The number of nitrogens with zero attached hydrogens (tertiary/aromatic N) is 1. The van der Waals surface area contributed by atoms with E-state index in [9.17, 15) is 9.59 Å². The molecule has 1 amide bonds. The van der Waals surface area contributed by atoms with Crippen LogP contribution in [-0.2, 0) is 9.53 Å². The number of carboxylic acids is 1. The molecule has 0 spiro atoms. The van der Waals surface area contributed by atoms with Gasteiger partial charge >= 0.3 is 12.1 Å². The second-order valence-corrected chi connectivity index (χ2v) is 3.96. The molecule has 0 aromatic rings. The summed E-state index contributed by atoms with van der Waals surface area (Å²) < 4.78 is 4.86. The molecule has 5 nitrogen and oxygen atoms in total. The molecule has 0 bridgehead atoms. The molecule has 0 aromatic carbocycles. The fourth-order valence-corrected chi connectivity index (χ4v) is 1.98. The Labute approximate surface area is 94.7 Å². The average molecular weight is 227 g/mol. The quantitative estimate of drug-likeness (QED) is 0.742. The lowest BCUT2D eigenvalue weighted by atomic mass is 9.91. The van der Waals surface area contributed by atoms with Crippen molar-refractivity contribution < 1.29 is 19.4 Å². The van der Waals surface area contributed by atoms with Crippen molar-refractivity contribution in [3.8, 4) is 0 Å². The number of rotatable bonds is 3. The van der Waals surface area contributed by atoms with Gasteiger partial charge in [-0.05, 0) is 18.8 Å². The Morgan fingerprint density at radius 1 is 1.62 bits per heavy atom. The van der Waals surface area contributed by atoms with Gasteiger partial charge in [0.2, 0.25) is 0 Å². The van der Waals surface area contributed by atoms with Crippen molar-refractivity contribution >= 4 is 12.1 Å². The van der Waals surface area contributed by atoms with Gasteiger partial charge < -0.3 is 9.84 Å². The number of hydrogen-bond acceptors (Lipinski definition) is 3. The maximum Gasteiger partial charge on any atom is 0.410 e. The van der Waals surface area contributed by atoms with Gasteiger partial charge in [0.05, 0.1) is 0 Å². The molecule has 90 valence electrons. The molecular weight excluding hydrogens is 210 g/mol. The van der Waals surface area contributed by atoms with E-state index in [0.29, 0.717) is 6.54 Å². The number of aliphatic carboxylic acids is 1. The number of hydrogen-bond donors (Lipinski definition) is 1. The predicted molar refractivity (Wildman–Crippen MR) is 58.1 cm³/mol. The van der Waals surface area contributed by atoms with E-state index >= 15 is 0 Å². The first-order chi connectivity index (χ1) is 7.57. The van der Waals surface area contributed by atoms with Crippen molar-refractivity contribution in [1.82, 2.24) is 4.90 Å². The van der Waals surface area contributed by atoms with Crippen molar-refractivity contribution in [2.75, 3.05) is 13.2 Å². The number of carboxylic acid groups (broad SMARTS) is 1. The molecule has 5 heteroatoms. The summed E-state index contributed by atoms with van der Waals surface area (Å²) in [5.74, 6) is -1.01. The summed E-state index contributed by atoms with van der Waals surface area (Å²) in [5, 5.41) is 9.08. The molecule has 1 aliphatic rings. The molecule has 1 fully saturated rings. The fourth-order valence-electron chi connectivity index (χ4n) is 1.98. The minimum atomic E-state index is -0.970. The summed E-state index contributed by atoms with van der Waals surface area (Å²) in [6.45, 7) is 5.82. The second-order valence-electron chi connectivity index (χ2n) is 3.96. The molecule has 16 heavy (non-hydrogen) atoms. The van der Waals surface area contributed by atoms with E-state index in [1.54, 1.807) is 0 Å². The van der Waals surface area contributed by atoms with Crippen LogP contribution in [0.2, 0.25) is 0 Å². The van der Waals surface area contributed by atoms with Crippen molar-refractivity contribution in [2.24, 2.45) is 5.92 Å². The Bertz CT molecular complexity index is 290. The van der Waals surface area contributed by atoms with Gasteiger partial charge in [0.1, 0.15) is 12.6 Å². The molecule has 1 N–H and O–H groups in total. The Balaban J connectivity index is 2.70. The normalized spacial score (nSPS) is 24.9. The maximum atomic E-state index is 11.6. The zero-order chi connectivity index (χ0) is 12.1. The Morgan fingerprint density at radius 3 is 2.88 bits per heavy atom. The van der Waals surface area contributed by atoms with Gasteiger partial charge in [0, 0.05) is 6.54 Å². The monoisotopic (exact) mass is 227 g/mol. The minimum Gasteiger partial charge on any atom is -0.480 e. The number of amides is 1. The number of piperidine rings is 1. The molecule has 0 aliphatic carbocycles. The highest BCUT2D eigenvalue weighted by Crippen LogP contribution is 2.24. The molecule has 0 radical (unpaired) electrons. The molecule has 1 rings (SSSR count). The third-order valence-corrected chi connectivity index (χ3v) is 2.75. The second kappa shape index (κ2) is 5.53. The Hall–Kier alpha value is -1.52. The van der Waals surface area contributed by atoms with Gasteiger partial charge in [0.25, 0.3) is 0 Å².